The number of allylic oxidation sites excluding steroid dienone is 1. The van der Waals surface area contributed by atoms with Gasteiger partial charge < -0.3 is 10.1 Å². The molecule has 1 aliphatic heterocycles. The Morgan fingerprint density at radius 2 is 2.00 bits per heavy atom. The Hall–Kier alpha value is -2.60. The van der Waals surface area contributed by atoms with E-state index in [1.165, 1.54) is 18.4 Å². The number of carbonyl (C=O) groups is 2. The van der Waals surface area contributed by atoms with Gasteiger partial charge in [0.05, 0.1) is 25.3 Å². The Morgan fingerprint density at radius 1 is 1.25 bits per heavy atom. The second kappa shape index (κ2) is 6.88. The molecule has 0 radical (unpaired) electrons. The van der Waals surface area contributed by atoms with Crippen molar-refractivity contribution in [2.24, 2.45) is 0 Å². The summed E-state index contributed by atoms with van der Waals surface area (Å²) in [4.78, 5) is 27.4. The lowest BCUT2D eigenvalue weighted by atomic mass is 10.00. The maximum atomic E-state index is 12.6. The zero-order valence-corrected chi connectivity index (χ0v) is 14.3. The summed E-state index contributed by atoms with van der Waals surface area (Å²) in [7, 11) is 1.35. The third-order valence-electron chi connectivity index (χ3n) is 4.01. The molecular weight excluding hydrogens is 324 g/mol. The molecule has 0 aliphatic carbocycles. The number of thiophene rings is 1. The van der Waals surface area contributed by atoms with E-state index < -0.39 is 12.0 Å². The predicted octanol–water partition coefficient (Wildman–Crippen LogP) is 3.46. The lowest BCUT2D eigenvalue weighted by Gasteiger charge is -2.34. The number of ether oxygens (including phenoxy) is 1. The fraction of sp³-hybridized carbons (Fsp3) is 0.222. The Kier molecular flexibility index (Phi) is 4.66. The molecule has 6 heteroatoms. The molecule has 1 atom stereocenters. The van der Waals surface area contributed by atoms with Crippen LogP contribution in [0.2, 0.25) is 0 Å². The van der Waals surface area contributed by atoms with Gasteiger partial charge >= 0.3 is 12.0 Å². The van der Waals surface area contributed by atoms with Crippen LogP contribution in [0, 0.1) is 0 Å². The van der Waals surface area contributed by atoms with Crippen LogP contribution in [0.25, 0.3) is 0 Å². The second-order valence-electron chi connectivity index (χ2n) is 5.46. The van der Waals surface area contributed by atoms with Gasteiger partial charge in [-0.2, -0.15) is 0 Å². The number of urea groups is 1. The SMILES string of the molecule is COC(=O)C1=C(C)N(Cc2ccccc2)C(=O)N[C@H]1c1cccs1. The van der Waals surface area contributed by atoms with Crippen molar-refractivity contribution in [2.45, 2.75) is 19.5 Å². The van der Waals surface area contributed by atoms with Crippen LogP contribution >= 0.6 is 11.3 Å². The molecule has 1 aromatic heterocycles. The highest BCUT2D eigenvalue weighted by Crippen LogP contribution is 2.33. The van der Waals surface area contributed by atoms with Crippen molar-refractivity contribution in [1.29, 1.82) is 0 Å². The number of amides is 2. The number of nitrogens with one attached hydrogen (secondary N) is 1. The van der Waals surface area contributed by atoms with Gasteiger partial charge in [-0.05, 0) is 23.9 Å². The highest BCUT2D eigenvalue weighted by Gasteiger charge is 2.36. The van der Waals surface area contributed by atoms with Crippen LogP contribution in [-0.4, -0.2) is 24.0 Å². The number of carbonyl (C=O) groups excluding carboxylic acids is 2. The monoisotopic (exact) mass is 342 g/mol. The van der Waals surface area contributed by atoms with Gasteiger partial charge in [-0.25, -0.2) is 9.59 Å². The van der Waals surface area contributed by atoms with Crippen LogP contribution in [-0.2, 0) is 16.1 Å². The molecule has 2 aromatic rings. The molecule has 5 nitrogen and oxygen atoms in total. The summed E-state index contributed by atoms with van der Waals surface area (Å²) in [5.41, 5.74) is 2.08. The van der Waals surface area contributed by atoms with Crippen LogP contribution in [0.5, 0.6) is 0 Å². The lowest BCUT2D eigenvalue weighted by molar-refractivity contribution is -0.136. The average molecular weight is 342 g/mol. The van der Waals surface area contributed by atoms with E-state index in [1.807, 2.05) is 47.8 Å². The minimum Gasteiger partial charge on any atom is -0.466 e. The van der Waals surface area contributed by atoms with Crippen LogP contribution in [0.15, 0.2) is 59.1 Å². The largest absolute Gasteiger partial charge is 0.466 e. The number of benzene rings is 1. The predicted molar refractivity (Wildman–Crippen MR) is 92.3 cm³/mol. The molecule has 1 aliphatic rings. The van der Waals surface area contributed by atoms with Crippen molar-refractivity contribution in [3.05, 3.63) is 69.6 Å². The van der Waals surface area contributed by atoms with E-state index in [0.717, 1.165) is 10.4 Å². The maximum Gasteiger partial charge on any atom is 0.338 e. The van der Waals surface area contributed by atoms with Crippen molar-refractivity contribution in [1.82, 2.24) is 10.2 Å². The van der Waals surface area contributed by atoms with E-state index in [4.69, 9.17) is 4.74 Å². The third kappa shape index (κ3) is 3.05. The number of esters is 1. The zero-order valence-electron chi connectivity index (χ0n) is 13.5. The van der Waals surface area contributed by atoms with Gasteiger partial charge in [0.2, 0.25) is 0 Å². The molecule has 0 saturated heterocycles. The van der Waals surface area contributed by atoms with Crippen LogP contribution in [0.1, 0.15) is 23.4 Å². The van der Waals surface area contributed by atoms with Gasteiger partial charge in [-0.3, -0.25) is 4.90 Å². The smallest absolute Gasteiger partial charge is 0.338 e. The highest BCUT2D eigenvalue weighted by atomic mass is 32.1. The molecule has 1 aromatic carbocycles. The molecule has 24 heavy (non-hydrogen) atoms. The fourth-order valence-electron chi connectivity index (χ4n) is 2.78. The molecule has 0 saturated carbocycles. The number of nitrogens with zero attached hydrogens (tertiary/aromatic N) is 1. The Bertz CT molecular complexity index is 769. The molecule has 0 fully saturated rings. The first-order valence-electron chi connectivity index (χ1n) is 7.56. The minimum atomic E-state index is -0.475. The van der Waals surface area contributed by atoms with Crippen molar-refractivity contribution >= 4 is 23.3 Å². The number of rotatable bonds is 4. The highest BCUT2D eigenvalue weighted by molar-refractivity contribution is 7.10. The van der Waals surface area contributed by atoms with E-state index in [2.05, 4.69) is 5.32 Å². The summed E-state index contributed by atoms with van der Waals surface area (Å²) in [6.45, 7) is 2.19. The molecule has 2 amide bonds. The summed E-state index contributed by atoms with van der Waals surface area (Å²) >= 11 is 1.50. The Labute approximate surface area is 144 Å². The van der Waals surface area contributed by atoms with E-state index in [0.29, 0.717) is 17.8 Å². The summed E-state index contributed by atoms with van der Waals surface area (Å²) in [5.74, 6) is -0.427. The van der Waals surface area contributed by atoms with Gasteiger partial charge in [0.25, 0.3) is 0 Å². The Balaban J connectivity index is 2.00. The van der Waals surface area contributed by atoms with Gasteiger partial charge in [0.15, 0.2) is 0 Å². The molecule has 1 N–H and O–H groups in total. The normalized spacial score (nSPS) is 17.7. The van der Waals surface area contributed by atoms with E-state index in [9.17, 15) is 9.59 Å². The maximum absolute atomic E-state index is 12.6. The first kappa shape index (κ1) is 16.3. The van der Waals surface area contributed by atoms with Crippen molar-refractivity contribution in [3.8, 4) is 0 Å². The van der Waals surface area contributed by atoms with E-state index >= 15 is 0 Å². The van der Waals surface area contributed by atoms with Crippen molar-refractivity contribution in [2.75, 3.05) is 7.11 Å². The number of methoxy groups -OCH3 is 1. The standard InChI is InChI=1S/C18H18N2O3S/c1-12-15(17(21)23-2)16(14-9-6-10-24-14)19-18(22)20(12)11-13-7-4-3-5-8-13/h3-10,16H,11H2,1-2H3,(H,19,22)/t16-/m0/s1. The summed E-state index contributed by atoms with van der Waals surface area (Å²) in [6.07, 6.45) is 0. The summed E-state index contributed by atoms with van der Waals surface area (Å²) in [5, 5.41) is 4.84. The molecule has 2 heterocycles. The van der Waals surface area contributed by atoms with Crippen LogP contribution < -0.4 is 5.32 Å². The molecule has 3 rings (SSSR count). The molecule has 0 spiro atoms. The van der Waals surface area contributed by atoms with Crippen molar-refractivity contribution in [3.63, 3.8) is 0 Å². The van der Waals surface area contributed by atoms with Gasteiger partial charge in [0, 0.05) is 10.6 Å². The van der Waals surface area contributed by atoms with Crippen LogP contribution in [0.4, 0.5) is 4.79 Å². The van der Waals surface area contributed by atoms with E-state index in [-0.39, 0.29) is 6.03 Å². The fourth-order valence-corrected chi connectivity index (χ4v) is 3.57. The molecule has 124 valence electrons. The molecular formula is C18H18N2O3S. The van der Waals surface area contributed by atoms with Gasteiger partial charge in [-0.15, -0.1) is 11.3 Å². The molecule has 0 bridgehead atoms. The zero-order chi connectivity index (χ0) is 17.1. The molecule has 0 unspecified atom stereocenters. The summed E-state index contributed by atoms with van der Waals surface area (Å²) < 4.78 is 4.95. The summed E-state index contributed by atoms with van der Waals surface area (Å²) in [6, 6.07) is 12.8. The first-order valence-corrected chi connectivity index (χ1v) is 8.44. The van der Waals surface area contributed by atoms with Crippen molar-refractivity contribution < 1.29 is 14.3 Å². The second-order valence-corrected chi connectivity index (χ2v) is 6.44. The average Bonchev–Trinajstić information content (AvgIpc) is 3.13. The van der Waals surface area contributed by atoms with Gasteiger partial charge in [-0.1, -0.05) is 36.4 Å². The number of hydrogen-bond donors (Lipinski definition) is 1. The lowest BCUT2D eigenvalue weighted by Crippen LogP contribution is -2.47. The van der Waals surface area contributed by atoms with Crippen LogP contribution in [0.3, 0.4) is 0 Å². The first-order chi connectivity index (χ1) is 11.6. The topological polar surface area (TPSA) is 58.6 Å². The Morgan fingerprint density at radius 3 is 2.62 bits per heavy atom. The van der Waals surface area contributed by atoms with Gasteiger partial charge in [0.1, 0.15) is 0 Å². The third-order valence-corrected chi connectivity index (χ3v) is 4.95. The van der Waals surface area contributed by atoms with E-state index in [1.54, 1.807) is 11.8 Å². The quantitative estimate of drug-likeness (QED) is 0.866. The minimum absolute atomic E-state index is 0.220. The number of hydrogen-bond acceptors (Lipinski definition) is 4.